The van der Waals surface area contributed by atoms with Gasteiger partial charge in [-0.1, -0.05) is 60.7 Å². The largest absolute Gasteiger partial charge is 0.416 e. The highest BCUT2D eigenvalue weighted by Crippen LogP contribution is 2.40. The monoisotopic (exact) mass is 1050 g/mol. The molecule has 0 aliphatic carbocycles. The minimum absolute atomic E-state index is 0.198. The Morgan fingerprint density at radius 2 is 0.694 bits per heavy atom. The lowest BCUT2D eigenvalue weighted by Crippen LogP contribution is -2.48. The fourth-order valence-corrected chi connectivity index (χ4v) is 6.62. The summed E-state index contributed by atoms with van der Waals surface area (Å²) in [6, 6.07) is 10.5. The van der Waals surface area contributed by atoms with Crippen LogP contribution >= 0.6 is 0 Å². The third-order valence-electron chi connectivity index (χ3n) is 9.85. The molecule has 0 fully saturated rings. The van der Waals surface area contributed by atoms with Gasteiger partial charge in [-0.2, -0.15) is 79.0 Å². The number of nitrogens with zero attached hydrogens (tertiary/aromatic N) is 1. The topological polar surface area (TPSA) is 119 Å². The van der Waals surface area contributed by atoms with Gasteiger partial charge < -0.3 is 31.9 Å². The Balaban J connectivity index is 1.52. The Hall–Kier alpha value is -7.35. The number of anilines is 3. The highest BCUT2D eigenvalue weighted by atomic mass is 19.4. The summed E-state index contributed by atoms with van der Waals surface area (Å²) in [6.07, 6.45) is -32.4. The summed E-state index contributed by atoms with van der Waals surface area (Å²) in [4.78, 5) is 30.7. The molecule has 5 aromatic rings. The van der Waals surface area contributed by atoms with Crippen LogP contribution in [0.3, 0.4) is 0 Å². The number of benzene rings is 5. The molecule has 72 heavy (non-hydrogen) atoms. The number of nitrogens with one attached hydrogen (secondary N) is 6. The highest BCUT2D eigenvalue weighted by Gasteiger charge is 2.40. The van der Waals surface area contributed by atoms with Crippen molar-refractivity contribution in [2.75, 3.05) is 29.0 Å². The first-order valence-electron chi connectivity index (χ1n) is 20.4. The van der Waals surface area contributed by atoms with Crippen LogP contribution in [0.1, 0.15) is 44.5 Å². The summed E-state index contributed by atoms with van der Waals surface area (Å²) in [6.45, 7) is -1.36. The number of hydrogen-bond acceptors (Lipinski definition) is 3. The number of amides is 4. The van der Waals surface area contributed by atoms with E-state index in [1.165, 1.54) is 48.5 Å². The van der Waals surface area contributed by atoms with E-state index in [0.717, 1.165) is 0 Å². The first-order chi connectivity index (χ1) is 33.2. The zero-order valence-corrected chi connectivity index (χ0v) is 36.0. The molecule has 0 aliphatic heterocycles. The van der Waals surface area contributed by atoms with E-state index in [2.05, 4.69) is 26.3 Å². The van der Waals surface area contributed by atoms with E-state index in [0.29, 0.717) is 11.1 Å². The summed E-state index contributed by atoms with van der Waals surface area (Å²) in [7, 11) is 0. The van der Waals surface area contributed by atoms with Crippen LogP contribution in [-0.4, -0.2) is 43.2 Å². The van der Waals surface area contributed by atoms with Gasteiger partial charge >= 0.3 is 49.1 Å². The van der Waals surface area contributed by atoms with Crippen molar-refractivity contribution < 1.29 is 88.6 Å². The maximum absolute atomic E-state index is 13.9. The van der Waals surface area contributed by atoms with Gasteiger partial charge in [0.25, 0.3) is 0 Å². The molecular formula is C45H35F18N7O2. The van der Waals surface area contributed by atoms with E-state index >= 15 is 0 Å². The van der Waals surface area contributed by atoms with Crippen molar-refractivity contribution in [2.45, 2.75) is 62.0 Å². The number of rotatable bonds is 13. The molecule has 0 unspecified atom stereocenters. The Morgan fingerprint density at radius 1 is 0.403 bits per heavy atom. The molecule has 388 valence electrons. The van der Waals surface area contributed by atoms with E-state index in [4.69, 9.17) is 0 Å². The molecule has 0 aliphatic rings. The molecule has 0 bridgehead atoms. The fourth-order valence-electron chi connectivity index (χ4n) is 6.62. The zero-order valence-electron chi connectivity index (χ0n) is 36.0. The van der Waals surface area contributed by atoms with Gasteiger partial charge in [-0.05, 0) is 78.6 Å². The Kier molecular flexibility index (Phi) is 17.0. The second-order valence-electron chi connectivity index (χ2n) is 15.5. The molecule has 27 heteroatoms. The molecule has 0 heterocycles. The number of carbonyl (C=O) groups is 2. The number of alkyl halides is 18. The van der Waals surface area contributed by atoms with Gasteiger partial charge in [-0.15, -0.1) is 0 Å². The van der Waals surface area contributed by atoms with Crippen LogP contribution in [0, 0.1) is 0 Å². The third kappa shape index (κ3) is 16.9. The van der Waals surface area contributed by atoms with Crippen molar-refractivity contribution >= 4 is 35.1 Å². The number of guanidine groups is 1. The normalized spacial score (nSPS) is 13.7. The smallest absolute Gasteiger partial charge is 0.354 e. The predicted molar refractivity (Wildman–Crippen MR) is 225 cm³/mol. The van der Waals surface area contributed by atoms with Gasteiger partial charge in [0, 0.05) is 23.6 Å². The van der Waals surface area contributed by atoms with Crippen LogP contribution in [-0.2, 0) is 49.9 Å². The molecule has 0 saturated heterocycles. The second kappa shape index (κ2) is 22.0. The van der Waals surface area contributed by atoms with Crippen LogP contribution in [0.4, 0.5) is 106 Å². The lowest BCUT2D eigenvalue weighted by Gasteiger charge is -2.23. The van der Waals surface area contributed by atoms with Gasteiger partial charge in [0.05, 0.1) is 52.0 Å². The molecule has 0 radical (unpaired) electrons. The number of halogens is 18. The minimum Gasteiger partial charge on any atom is -0.354 e. The summed E-state index contributed by atoms with van der Waals surface area (Å²) in [5.41, 5.74) is -12.8. The van der Waals surface area contributed by atoms with Gasteiger partial charge in [0.1, 0.15) is 0 Å². The van der Waals surface area contributed by atoms with Crippen LogP contribution in [0.15, 0.2) is 120 Å². The van der Waals surface area contributed by atoms with Crippen molar-refractivity contribution in [1.29, 1.82) is 0 Å². The van der Waals surface area contributed by atoms with Crippen LogP contribution < -0.4 is 31.9 Å². The Morgan fingerprint density at radius 3 is 1.01 bits per heavy atom. The number of urea groups is 2. The molecule has 4 amide bonds. The molecule has 0 aromatic heterocycles. The quantitative estimate of drug-likeness (QED) is 0.0400. The fraction of sp³-hybridized carbons (Fsp3) is 0.267. The molecule has 5 rings (SSSR count). The van der Waals surface area contributed by atoms with Crippen molar-refractivity contribution in [2.24, 2.45) is 4.99 Å². The first-order valence-corrected chi connectivity index (χ1v) is 20.4. The Bertz CT molecular complexity index is 2590. The standard InChI is InChI=1S/C45H35F18N7O2/c46-40(47,48)26-13-27(41(49,50)51)17-32(16-26)66-37(64-22-35(11-24-7-3-1-4-8-24)69-38(71)67-33-18-28(42(52,53)54)14-29(19-33)43(55,56)57)65-23-36(12-25-9-5-2-6-10-25)70-39(72)68-34-20-30(44(58,59)60)15-31(21-34)45(61,62)63/h1-10,13-21,35-36H,11-12,22-23H2,(H2,64,65,66)(H2,67,69,71)(H2,68,70,72)/t35-,36-/m0/s1. The van der Waals surface area contributed by atoms with Crippen molar-refractivity contribution in [3.63, 3.8) is 0 Å². The number of carbonyl (C=O) groups excluding carboxylic acids is 2. The van der Waals surface area contributed by atoms with E-state index < -0.39 is 131 Å². The van der Waals surface area contributed by atoms with E-state index in [1.807, 2.05) is 10.6 Å². The lowest BCUT2D eigenvalue weighted by molar-refractivity contribution is -0.144. The van der Waals surface area contributed by atoms with Crippen LogP contribution in [0.2, 0.25) is 0 Å². The SMILES string of the molecule is O=C(Nc1cc(C(F)(F)F)cc(C(F)(F)F)c1)N[C@H](CN=C(NC[C@H](Cc1ccccc1)NC(=O)Nc1cc(C(F)(F)F)cc(C(F)(F)F)c1)Nc1cc(C(F)(F)F)cc(C(F)(F)F)c1)Cc1ccccc1. The van der Waals surface area contributed by atoms with E-state index in [9.17, 15) is 88.6 Å². The highest BCUT2D eigenvalue weighted by molar-refractivity contribution is 5.94. The molecule has 5 aromatic carbocycles. The maximum Gasteiger partial charge on any atom is 0.416 e. The van der Waals surface area contributed by atoms with Crippen molar-refractivity contribution in [3.05, 3.63) is 160 Å². The van der Waals surface area contributed by atoms with Gasteiger partial charge in [-0.25, -0.2) is 9.59 Å². The molecule has 9 nitrogen and oxygen atoms in total. The van der Waals surface area contributed by atoms with Gasteiger partial charge in [0.2, 0.25) is 0 Å². The predicted octanol–water partition coefficient (Wildman–Crippen LogP) is 13.0. The zero-order chi connectivity index (χ0) is 53.5. The summed E-state index contributed by atoms with van der Waals surface area (Å²) in [5.74, 6) is -0.705. The third-order valence-corrected chi connectivity index (χ3v) is 9.85. The van der Waals surface area contributed by atoms with Crippen molar-refractivity contribution in [3.8, 4) is 0 Å². The summed E-state index contributed by atoms with van der Waals surface area (Å²) in [5, 5.41) is 13.2. The average Bonchev–Trinajstić information content (AvgIpc) is 3.25. The first kappa shape index (κ1) is 55.6. The van der Waals surface area contributed by atoms with E-state index in [1.54, 1.807) is 12.1 Å². The van der Waals surface area contributed by atoms with E-state index in [-0.39, 0.29) is 67.4 Å². The summed E-state index contributed by atoms with van der Waals surface area (Å²) < 4.78 is 246. The maximum atomic E-state index is 13.9. The minimum atomic E-state index is -5.36. The lowest BCUT2D eigenvalue weighted by atomic mass is 10.1. The average molecular weight is 1050 g/mol. The van der Waals surface area contributed by atoms with Gasteiger partial charge in [0.15, 0.2) is 5.96 Å². The molecule has 6 N–H and O–H groups in total. The molecular weight excluding hydrogens is 1010 g/mol. The van der Waals surface area contributed by atoms with Gasteiger partial charge in [-0.3, -0.25) is 4.99 Å². The van der Waals surface area contributed by atoms with Crippen LogP contribution in [0.25, 0.3) is 0 Å². The molecule has 0 saturated carbocycles. The number of hydrogen-bond donors (Lipinski definition) is 6. The molecule has 0 spiro atoms. The summed E-state index contributed by atoms with van der Waals surface area (Å²) >= 11 is 0. The Labute approximate surface area is 395 Å². The van der Waals surface area contributed by atoms with Crippen molar-refractivity contribution in [1.82, 2.24) is 16.0 Å². The molecule has 2 atom stereocenters. The van der Waals surface area contributed by atoms with Crippen LogP contribution in [0.5, 0.6) is 0 Å². The second-order valence-corrected chi connectivity index (χ2v) is 15.5. The number of aliphatic imine (C=N–C) groups is 1.